The number of nitrogens with zero attached hydrogens (tertiary/aromatic N) is 4. The van der Waals surface area contributed by atoms with Crippen LogP contribution >= 0.6 is 0 Å². The van der Waals surface area contributed by atoms with Crippen LogP contribution in [0.2, 0.25) is 0 Å². The Morgan fingerprint density at radius 3 is 2.64 bits per heavy atom. The van der Waals surface area contributed by atoms with Gasteiger partial charge in [-0.3, -0.25) is 4.79 Å². The maximum atomic E-state index is 12.5. The van der Waals surface area contributed by atoms with Crippen molar-refractivity contribution in [2.45, 2.75) is 38.3 Å². The first-order chi connectivity index (χ1) is 13.7. The third-order valence-electron chi connectivity index (χ3n) is 5.51. The molecular formula is C20H27N5O3. The van der Waals surface area contributed by atoms with E-state index in [1.54, 1.807) is 7.11 Å². The number of ether oxygens (including phenoxy) is 2. The normalized spacial score (nSPS) is 17.2. The minimum atomic E-state index is 0.152. The summed E-state index contributed by atoms with van der Waals surface area (Å²) >= 11 is 0. The molecule has 0 saturated carbocycles. The van der Waals surface area contributed by atoms with Crippen LogP contribution in [0.1, 0.15) is 36.8 Å². The Hall–Kier alpha value is -2.61. The molecule has 4 rings (SSSR count). The summed E-state index contributed by atoms with van der Waals surface area (Å²) in [6.45, 7) is 4.61. The van der Waals surface area contributed by atoms with Crippen LogP contribution in [0.25, 0.3) is 0 Å². The molecule has 2 aromatic rings. The van der Waals surface area contributed by atoms with Gasteiger partial charge in [-0.25, -0.2) is 0 Å². The molecule has 8 heteroatoms. The van der Waals surface area contributed by atoms with Crippen LogP contribution in [0.5, 0.6) is 11.5 Å². The highest BCUT2D eigenvalue weighted by atomic mass is 16.5. The van der Waals surface area contributed by atoms with Gasteiger partial charge in [0.05, 0.1) is 26.7 Å². The number of aromatic nitrogens is 3. The van der Waals surface area contributed by atoms with E-state index in [0.717, 1.165) is 68.7 Å². The smallest absolute Gasteiger partial charge is 0.225 e. The van der Waals surface area contributed by atoms with Crippen LogP contribution in [0, 0.1) is 0 Å². The van der Waals surface area contributed by atoms with Crippen molar-refractivity contribution in [2.75, 3.05) is 33.4 Å². The van der Waals surface area contributed by atoms with E-state index in [4.69, 9.17) is 9.47 Å². The second-order valence-electron chi connectivity index (χ2n) is 7.23. The van der Waals surface area contributed by atoms with Gasteiger partial charge < -0.3 is 24.3 Å². The van der Waals surface area contributed by atoms with Gasteiger partial charge in [0, 0.05) is 32.1 Å². The molecule has 3 heterocycles. The molecule has 1 fully saturated rings. The lowest BCUT2D eigenvalue weighted by molar-refractivity contribution is -0.132. The highest BCUT2D eigenvalue weighted by Gasteiger charge is 2.28. The quantitative estimate of drug-likeness (QED) is 0.813. The number of rotatable bonds is 6. The predicted molar refractivity (Wildman–Crippen MR) is 103 cm³/mol. The molecule has 28 heavy (non-hydrogen) atoms. The molecule has 1 aromatic carbocycles. The van der Waals surface area contributed by atoms with Gasteiger partial charge in [0.1, 0.15) is 23.1 Å². The average molecular weight is 385 g/mol. The summed E-state index contributed by atoms with van der Waals surface area (Å²) in [6.07, 6.45) is 2.27. The number of piperidine rings is 1. The SMILES string of the molecule is COc1ccc(OCCC(=O)N2CCC(c3nnc4n3CCNC4)CC2)cc1. The maximum absolute atomic E-state index is 12.5. The molecule has 150 valence electrons. The Morgan fingerprint density at radius 2 is 1.89 bits per heavy atom. The molecule has 2 aliphatic rings. The van der Waals surface area contributed by atoms with Gasteiger partial charge in [0.2, 0.25) is 5.91 Å². The largest absolute Gasteiger partial charge is 0.497 e. The number of carbonyl (C=O) groups is 1. The second kappa shape index (κ2) is 8.60. The predicted octanol–water partition coefficient (Wildman–Crippen LogP) is 1.56. The van der Waals surface area contributed by atoms with E-state index in [1.807, 2.05) is 29.2 Å². The summed E-state index contributed by atoms with van der Waals surface area (Å²) in [4.78, 5) is 14.4. The molecule has 0 unspecified atom stereocenters. The minimum absolute atomic E-state index is 0.152. The summed E-state index contributed by atoms with van der Waals surface area (Å²) in [5.41, 5.74) is 0. The molecule has 8 nitrogen and oxygen atoms in total. The molecule has 0 atom stereocenters. The Kier molecular flexibility index (Phi) is 5.76. The van der Waals surface area contributed by atoms with Crippen molar-refractivity contribution in [1.82, 2.24) is 25.0 Å². The number of hydrogen-bond donors (Lipinski definition) is 1. The standard InChI is InChI=1S/C20H27N5O3/c1-27-16-2-4-17(5-3-16)28-13-8-19(26)24-10-6-15(7-11-24)20-23-22-18-14-21-9-12-25(18)20/h2-5,15,21H,6-14H2,1H3. The van der Waals surface area contributed by atoms with Crippen molar-refractivity contribution in [1.29, 1.82) is 0 Å². The molecule has 0 aliphatic carbocycles. The van der Waals surface area contributed by atoms with Gasteiger partial charge in [-0.2, -0.15) is 0 Å². The van der Waals surface area contributed by atoms with Gasteiger partial charge in [0.25, 0.3) is 0 Å². The van der Waals surface area contributed by atoms with E-state index in [2.05, 4.69) is 20.1 Å². The molecule has 1 aromatic heterocycles. The average Bonchev–Trinajstić information content (AvgIpc) is 3.18. The van der Waals surface area contributed by atoms with Crippen LogP contribution in [0.3, 0.4) is 0 Å². The van der Waals surface area contributed by atoms with Crippen molar-refractivity contribution in [3.63, 3.8) is 0 Å². The monoisotopic (exact) mass is 385 g/mol. The number of fused-ring (bicyclic) bond motifs is 1. The zero-order valence-electron chi connectivity index (χ0n) is 16.3. The second-order valence-corrected chi connectivity index (χ2v) is 7.23. The number of methoxy groups -OCH3 is 1. The summed E-state index contributed by atoms with van der Waals surface area (Å²) < 4.78 is 13.1. The van der Waals surface area contributed by atoms with Crippen molar-refractivity contribution in [3.05, 3.63) is 35.9 Å². The fourth-order valence-electron chi connectivity index (χ4n) is 3.89. The molecule has 1 saturated heterocycles. The Morgan fingerprint density at radius 1 is 1.14 bits per heavy atom. The van der Waals surface area contributed by atoms with Gasteiger partial charge in [0.15, 0.2) is 0 Å². The Balaban J connectivity index is 1.23. The van der Waals surface area contributed by atoms with E-state index in [9.17, 15) is 4.79 Å². The number of amides is 1. The van der Waals surface area contributed by atoms with E-state index in [1.165, 1.54) is 0 Å². The fourth-order valence-corrected chi connectivity index (χ4v) is 3.89. The van der Waals surface area contributed by atoms with E-state index < -0.39 is 0 Å². The number of likely N-dealkylation sites (tertiary alicyclic amines) is 1. The van der Waals surface area contributed by atoms with Crippen molar-refractivity contribution >= 4 is 5.91 Å². The third kappa shape index (κ3) is 4.11. The Labute approximate surface area is 164 Å². The van der Waals surface area contributed by atoms with Gasteiger partial charge >= 0.3 is 0 Å². The third-order valence-corrected chi connectivity index (χ3v) is 5.51. The van der Waals surface area contributed by atoms with Gasteiger partial charge in [-0.1, -0.05) is 0 Å². The topological polar surface area (TPSA) is 81.5 Å². The van der Waals surface area contributed by atoms with Crippen molar-refractivity contribution in [3.8, 4) is 11.5 Å². The molecule has 0 spiro atoms. The van der Waals surface area contributed by atoms with E-state index >= 15 is 0 Å². The highest BCUT2D eigenvalue weighted by molar-refractivity contribution is 5.76. The lowest BCUT2D eigenvalue weighted by Gasteiger charge is -2.32. The maximum Gasteiger partial charge on any atom is 0.225 e. The van der Waals surface area contributed by atoms with Crippen molar-refractivity contribution < 1.29 is 14.3 Å². The number of hydrogen-bond acceptors (Lipinski definition) is 6. The van der Waals surface area contributed by atoms with Crippen LogP contribution in [0.4, 0.5) is 0 Å². The molecule has 0 radical (unpaired) electrons. The molecular weight excluding hydrogens is 358 g/mol. The summed E-state index contributed by atoms with van der Waals surface area (Å²) in [6, 6.07) is 7.40. The van der Waals surface area contributed by atoms with Crippen LogP contribution in [-0.2, 0) is 17.9 Å². The lowest BCUT2D eigenvalue weighted by Crippen LogP contribution is -2.39. The first-order valence-corrected chi connectivity index (χ1v) is 9.92. The summed E-state index contributed by atoms with van der Waals surface area (Å²) in [5.74, 6) is 4.19. The number of nitrogens with one attached hydrogen (secondary N) is 1. The Bertz CT molecular complexity index is 797. The fraction of sp³-hybridized carbons (Fsp3) is 0.550. The van der Waals surface area contributed by atoms with E-state index in [0.29, 0.717) is 18.9 Å². The minimum Gasteiger partial charge on any atom is -0.497 e. The van der Waals surface area contributed by atoms with Crippen LogP contribution < -0.4 is 14.8 Å². The highest BCUT2D eigenvalue weighted by Crippen LogP contribution is 2.28. The lowest BCUT2D eigenvalue weighted by atomic mass is 9.95. The van der Waals surface area contributed by atoms with E-state index in [-0.39, 0.29) is 5.91 Å². The molecule has 2 aliphatic heterocycles. The zero-order valence-corrected chi connectivity index (χ0v) is 16.3. The van der Waals surface area contributed by atoms with Crippen LogP contribution in [-0.4, -0.2) is 58.9 Å². The summed E-state index contributed by atoms with van der Waals surface area (Å²) in [7, 11) is 1.63. The number of carbonyl (C=O) groups excluding carboxylic acids is 1. The van der Waals surface area contributed by atoms with Gasteiger partial charge in [-0.15, -0.1) is 10.2 Å². The van der Waals surface area contributed by atoms with Crippen molar-refractivity contribution in [2.24, 2.45) is 0 Å². The first-order valence-electron chi connectivity index (χ1n) is 9.92. The number of benzene rings is 1. The van der Waals surface area contributed by atoms with Gasteiger partial charge in [-0.05, 0) is 37.1 Å². The van der Waals surface area contributed by atoms with Crippen LogP contribution in [0.15, 0.2) is 24.3 Å². The first kappa shape index (κ1) is 18.7. The molecule has 1 amide bonds. The molecule has 0 bridgehead atoms. The zero-order chi connectivity index (χ0) is 19.3. The summed E-state index contributed by atoms with van der Waals surface area (Å²) in [5, 5.41) is 12.1. The molecule has 1 N–H and O–H groups in total.